The number of hydrogen-bond acceptors (Lipinski definition) is 4. The molecule has 1 atom stereocenters. The molecule has 7 heteroatoms. The molecular formula is C17H35B2ClO4. The van der Waals surface area contributed by atoms with Gasteiger partial charge in [0.25, 0.3) is 0 Å². The highest BCUT2D eigenvalue weighted by Crippen LogP contribution is 2.39. The second kappa shape index (κ2) is 7.48. The van der Waals surface area contributed by atoms with Crippen molar-refractivity contribution in [3.05, 3.63) is 0 Å². The third kappa shape index (κ3) is 5.14. The number of alkyl halides is 1. The van der Waals surface area contributed by atoms with Gasteiger partial charge in [0.2, 0.25) is 0 Å². The predicted octanol–water partition coefficient (Wildman–Crippen LogP) is 4.13. The van der Waals surface area contributed by atoms with Crippen molar-refractivity contribution in [2.75, 3.05) is 0 Å². The molecule has 0 amide bonds. The zero-order chi connectivity index (χ0) is 19.0. The minimum Gasteiger partial charge on any atom is -0.406 e. The first kappa shape index (κ1) is 22.3. The van der Waals surface area contributed by atoms with Crippen LogP contribution in [0, 0.1) is 5.92 Å². The summed E-state index contributed by atoms with van der Waals surface area (Å²) in [4.78, 5) is 0. The largest absolute Gasteiger partial charge is 0.476 e. The summed E-state index contributed by atoms with van der Waals surface area (Å²) in [5.74, 6) is 0.562. The monoisotopic (exact) mass is 360 g/mol. The van der Waals surface area contributed by atoms with Crippen LogP contribution in [0.25, 0.3) is 0 Å². The van der Waals surface area contributed by atoms with Gasteiger partial charge in [-0.1, -0.05) is 13.8 Å². The first-order chi connectivity index (χ1) is 10.6. The van der Waals surface area contributed by atoms with Crippen LogP contribution in [-0.4, -0.2) is 42.5 Å². The molecule has 0 aliphatic carbocycles. The first-order valence-corrected chi connectivity index (χ1v) is 9.32. The van der Waals surface area contributed by atoms with Crippen LogP contribution in [0.4, 0.5) is 0 Å². The van der Waals surface area contributed by atoms with Gasteiger partial charge in [-0.15, -0.1) is 11.6 Å². The maximum absolute atomic E-state index is 6.29. The van der Waals surface area contributed by atoms with Gasteiger partial charge in [0.15, 0.2) is 0 Å². The first-order valence-electron chi connectivity index (χ1n) is 8.89. The summed E-state index contributed by atoms with van der Waals surface area (Å²) in [5, 5.41) is -0.0638. The maximum atomic E-state index is 6.29. The van der Waals surface area contributed by atoms with Crippen LogP contribution in [0.15, 0.2) is 0 Å². The van der Waals surface area contributed by atoms with E-state index in [9.17, 15) is 0 Å². The van der Waals surface area contributed by atoms with Crippen LogP contribution in [0.5, 0.6) is 0 Å². The molecule has 24 heavy (non-hydrogen) atoms. The summed E-state index contributed by atoms with van der Waals surface area (Å²) in [6, 6.07) is 0. The Balaban J connectivity index is 0.000000272. The van der Waals surface area contributed by atoms with E-state index in [4.69, 9.17) is 30.2 Å². The van der Waals surface area contributed by atoms with Gasteiger partial charge in [0, 0.05) is 0 Å². The molecule has 2 aliphatic heterocycles. The highest BCUT2D eigenvalue weighted by Gasteiger charge is 2.53. The molecule has 4 nitrogen and oxygen atoms in total. The van der Waals surface area contributed by atoms with Crippen LogP contribution in [0.1, 0.15) is 75.7 Å². The molecule has 2 aliphatic rings. The van der Waals surface area contributed by atoms with Crippen molar-refractivity contribution in [1.82, 2.24) is 0 Å². The lowest BCUT2D eigenvalue weighted by atomic mass is 9.80. The third-order valence-corrected chi connectivity index (χ3v) is 5.94. The molecule has 0 N–H and O–H groups in total. The van der Waals surface area contributed by atoms with Crippen LogP contribution >= 0.6 is 11.6 Å². The molecule has 140 valence electrons. The zero-order valence-corrected chi connectivity index (χ0v) is 17.9. The Hall–Kier alpha value is 0.260. The summed E-state index contributed by atoms with van der Waals surface area (Å²) in [6.07, 6.45) is 0.915. The lowest BCUT2D eigenvalue weighted by Gasteiger charge is -2.32. The van der Waals surface area contributed by atoms with Crippen molar-refractivity contribution >= 4 is 26.4 Å². The molecule has 2 fully saturated rings. The fourth-order valence-electron chi connectivity index (χ4n) is 2.27. The molecule has 0 aromatic heterocycles. The van der Waals surface area contributed by atoms with Crippen LogP contribution < -0.4 is 0 Å². The predicted molar refractivity (Wildman–Crippen MR) is 103 cm³/mol. The molecular weight excluding hydrogens is 325 g/mol. The summed E-state index contributed by atoms with van der Waals surface area (Å²) in [7, 11) is 0.152. The average Bonchev–Trinajstić information content (AvgIpc) is 2.72. The van der Waals surface area contributed by atoms with Gasteiger partial charge in [-0.05, 0) is 67.7 Å². The van der Waals surface area contributed by atoms with Crippen molar-refractivity contribution < 1.29 is 18.6 Å². The maximum Gasteiger partial charge on any atom is 0.476 e. The van der Waals surface area contributed by atoms with Crippen LogP contribution in [0.3, 0.4) is 0 Å². The van der Waals surface area contributed by atoms with Gasteiger partial charge in [-0.2, -0.15) is 0 Å². The van der Waals surface area contributed by atoms with E-state index in [0.717, 1.165) is 6.42 Å². The molecule has 0 aromatic rings. The Labute approximate surface area is 154 Å². The second-order valence-corrected chi connectivity index (χ2v) is 9.76. The molecule has 0 saturated carbocycles. The molecule has 2 saturated heterocycles. The Bertz CT molecular complexity index is 395. The van der Waals surface area contributed by atoms with Crippen molar-refractivity contribution in [2.45, 2.75) is 103 Å². The smallest absolute Gasteiger partial charge is 0.406 e. The van der Waals surface area contributed by atoms with Crippen molar-refractivity contribution in [3.63, 3.8) is 0 Å². The molecule has 0 aromatic carbocycles. The molecule has 2 heterocycles. The van der Waals surface area contributed by atoms with Gasteiger partial charge >= 0.3 is 14.8 Å². The van der Waals surface area contributed by atoms with Gasteiger partial charge < -0.3 is 18.6 Å². The highest BCUT2D eigenvalue weighted by molar-refractivity contribution is 6.59. The number of rotatable bonds is 3. The Kier molecular flexibility index (Phi) is 6.95. The Morgan fingerprint density at radius 3 is 1.42 bits per heavy atom. The highest BCUT2D eigenvalue weighted by atomic mass is 35.5. The molecule has 0 bridgehead atoms. The van der Waals surface area contributed by atoms with E-state index in [1.807, 2.05) is 55.4 Å². The van der Waals surface area contributed by atoms with E-state index < -0.39 is 0 Å². The lowest BCUT2D eigenvalue weighted by Crippen LogP contribution is -2.41. The Morgan fingerprint density at radius 1 is 0.792 bits per heavy atom. The van der Waals surface area contributed by atoms with Crippen molar-refractivity contribution in [2.24, 2.45) is 5.92 Å². The molecule has 1 unspecified atom stereocenters. The summed E-state index contributed by atoms with van der Waals surface area (Å²) < 4.78 is 22.4. The average molecular weight is 361 g/mol. The van der Waals surface area contributed by atoms with Gasteiger partial charge in [-0.3, -0.25) is 0 Å². The second-order valence-electron chi connectivity index (χ2n) is 9.20. The minimum atomic E-state index is -0.279. The zero-order valence-electron chi connectivity index (χ0n) is 17.2. The van der Waals surface area contributed by atoms with Gasteiger partial charge in [0.1, 0.15) is 0 Å². The van der Waals surface area contributed by atoms with Gasteiger partial charge in [0.05, 0.1) is 27.7 Å². The van der Waals surface area contributed by atoms with Gasteiger partial charge in [-0.25, -0.2) is 0 Å². The normalized spacial score (nSPS) is 27.4. The molecule has 0 spiro atoms. The molecule has 2 rings (SSSR count). The molecule has 0 radical (unpaired) electrons. The van der Waals surface area contributed by atoms with Crippen molar-refractivity contribution in [3.8, 4) is 0 Å². The van der Waals surface area contributed by atoms with E-state index >= 15 is 0 Å². The minimum absolute atomic E-state index is 0.0638. The summed E-state index contributed by atoms with van der Waals surface area (Å²) >= 11 is 6.29. The quantitative estimate of drug-likeness (QED) is 0.560. The summed E-state index contributed by atoms with van der Waals surface area (Å²) in [5.41, 5.74) is -0.816. The van der Waals surface area contributed by atoms with E-state index in [1.54, 1.807) is 0 Å². The van der Waals surface area contributed by atoms with Crippen molar-refractivity contribution in [1.29, 1.82) is 0 Å². The van der Waals surface area contributed by atoms with E-state index in [-0.39, 0.29) is 34.8 Å². The Morgan fingerprint density at radius 2 is 1.17 bits per heavy atom. The standard InChI is InChI=1S/C11H22BClO2.C6H13BO2/c1-8(2)7-9(13)12-14-10(3,4)11(5,6)15-12;1-5(2)6(3,4)9-7-8-5/h8-9H,7H2,1-6H3;7H,1-4H3. The lowest BCUT2D eigenvalue weighted by molar-refractivity contribution is 0.00578. The fraction of sp³-hybridized carbons (Fsp3) is 1.00. The SMILES string of the molecule is CC(C)CC(Cl)B1OC(C)(C)C(C)(C)O1.CC1(C)OBOC1(C)C. The summed E-state index contributed by atoms with van der Waals surface area (Å²) in [6.45, 7) is 20.7. The van der Waals surface area contributed by atoms with Crippen LogP contribution in [0.2, 0.25) is 0 Å². The van der Waals surface area contributed by atoms with E-state index in [0.29, 0.717) is 13.6 Å². The van der Waals surface area contributed by atoms with E-state index in [1.165, 1.54) is 0 Å². The van der Waals surface area contributed by atoms with Crippen LogP contribution in [-0.2, 0) is 18.6 Å². The third-order valence-electron chi connectivity index (χ3n) is 5.55. The fourth-order valence-corrected chi connectivity index (χ4v) is 2.73. The van der Waals surface area contributed by atoms with E-state index in [2.05, 4.69) is 13.8 Å². The topological polar surface area (TPSA) is 36.9 Å². The number of halogens is 1. The number of hydrogen-bond donors (Lipinski definition) is 0.